The molecule has 1 aromatic rings. The van der Waals surface area contributed by atoms with E-state index in [4.69, 9.17) is 23.2 Å². The minimum Gasteiger partial charge on any atom is -0.343 e. The number of halogens is 2. The van der Waals surface area contributed by atoms with Crippen LogP contribution in [-0.2, 0) is 9.59 Å². The van der Waals surface area contributed by atoms with Crippen molar-refractivity contribution in [1.29, 1.82) is 0 Å². The van der Waals surface area contributed by atoms with Crippen molar-refractivity contribution < 1.29 is 14.4 Å². The molecule has 3 N–H and O–H groups in total. The second kappa shape index (κ2) is 6.78. The molecule has 1 rings (SSSR count). The van der Waals surface area contributed by atoms with E-state index in [0.29, 0.717) is 5.02 Å². The molecule has 21 heavy (non-hydrogen) atoms. The number of carbonyl (C=O) groups excluding carboxylic acids is 3. The first kappa shape index (κ1) is 17.3. The lowest BCUT2D eigenvalue weighted by atomic mass is 10.1. The van der Waals surface area contributed by atoms with Gasteiger partial charge < -0.3 is 5.32 Å². The van der Waals surface area contributed by atoms with Crippen LogP contribution in [0.5, 0.6) is 0 Å². The highest BCUT2D eigenvalue weighted by Gasteiger charge is 2.21. The minimum absolute atomic E-state index is 0.123. The highest BCUT2D eigenvalue weighted by atomic mass is 35.5. The third-order valence-electron chi connectivity index (χ3n) is 2.16. The van der Waals surface area contributed by atoms with Crippen molar-refractivity contribution in [3.8, 4) is 0 Å². The SMILES string of the molecule is CC(C)(C)NC(=O)C(=O)NNC(=O)c1ccc(Cl)cc1Cl. The highest BCUT2D eigenvalue weighted by molar-refractivity contribution is 6.37. The lowest BCUT2D eigenvalue weighted by Gasteiger charge is -2.19. The Hall–Kier alpha value is -1.79. The number of benzene rings is 1. The molecule has 0 saturated carbocycles. The number of hydrogen-bond donors (Lipinski definition) is 3. The molecule has 0 fully saturated rings. The number of hydrazine groups is 1. The fraction of sp³-hybridized carbons (Fsp3) is 0.308. The fourth-order valence-corrected chi connectivity index (χ4v) is 1.80. The van der Waals surface area contributed by atoms with Crippen LogP contribution >= 0.6 is 23.2 Å². The monoisotopic (exact) mass is 331 g/mol. The molecular formula is C13H15Cl2N3O3. The lowest BCUT2D eigenvalue weighted by Crippen LogP contribution is -2.52. The molecule has 0 atom stereocenters. The summed E-state index contributed by atoms with van der Waals surface area (Å²) in [6, 6.07) is 4.28. The number of nitrogens with one attached hydrogen (secondary N) is 3. The summed E-state index contributed by atoms with van der Waals surface area (Å²) in [6.45, 7) is 5.18. The normalized spacial score (nSPS) is 10.7. The second-order valence-corrected chi connectivity index (χ2v) is 6.08. The summed E-state index contributed by atoms with van der Waals surface area (Å²) in [6.07, 6.45) is 0. The van der Waals surface area contributed by atoms with Crippen LogP contribution in [0.4, 0.5) is 0 Å². The predicted octanol–water partition coefficient (Wildman–Crippen LogP) is 1.67. The van der Waals surface area contributed by atoms with Crippen molar-refractivity contribution in [3.05, 3.63) is 33.8 Å². The van der Waals surface area contributed by atoms with Crippen LogP contribution in [0, 0.1) is 0 Å². The Morgan fingerprint density at radius 3 is 2.14 bits per heavy atom. The molecule has 0 aliphatic carbocycles. The Morgan fingerprint density at radius 1 is 1.00 bits per heavy atom. The average Bonchev–Trinajstić information content (AvgIpc) is 2.33. The van der Waals surface area contributed by atoms with Crippen molar-refractivity contribution in [1.82, 2.24) is 16.2 Å². The maximum atomic E-state index is 11.8. The van der Waals surface area contributed by atoms with Gasteiger partial charge in [-0.15, -0.1) is 0 Å². The Balaban J connectivity index is 2.61. The van der Waals surface area contributed by atoms with E-state index in [1.165, 1.54) is 18.2 Å². The van der Waals surface area contributed by atoms with Gasteiger partial charge in [0.2, 0.25) is 0 Å². The van der Waals surface area contributed by atoms with Crippen LogP contribution in [0.3, 0.4) is 0 Å². The zero-order valence-corrected chi connectivity index (χ0v) is 13.2. The molecule has 0 heterocycles. The van der Waals surface area contributed by atoms with Crippen molar-refractivity contribution in [3.63, 3.8) is 0 Å². The Labute approximate surface area is 132 Å². The van der Waals surface area contributed by atoms with E-state index in [1.807, 2.05) is 5.43 Å². The highest BCUT2D eigenvalue weighted by Crippen LogP contribution is 2.20. The van der Waals surface area contributed by atoms with Crippen molar-refractivity contribution in [2.45, 2.75) is 26.3 Å². The Bertz CT molecular complexity index is 583. The van der Waals surface area contributed by atoms with E-state index in [2.05, 4.69) is 10.7 Å². The van der Waals surface area contributed by atoms with Crippen molar-refractivity contribution >= 4 is 40.9 Å². The summed E-state index contributed by atoms with van der Waals surface area (Å²) in [7, 11) is 0. The van der Waals surface area contributed by atoms with Crippen molar-refractivity contribution in [2.24, 2.45) is 0 Å². The first-order chi connectivity index (χ1) is 9.60. The van der Waals surface area contributed by atoms with Crippen LogP contribution in [0.2, 0.25) is 10.0 Å². The van der Waals surface area contributed by atoms with Gasteiger partial charge in [-0.25, -0.2) is 0 Å². The molecule has 6 nitrogen and oxygen atoms in total. The molecule has 0 aliphatic heterocycles. The maximum absolute atomic E-state index is 11.8. The summed E-state index contributed by atoms with van der Waals surface area (Å²) in [5.41, 5.74) is 3.67. The Kier molecular flexibility index (Phi) is 5.57. The van der Waals surface area contributed by atoms with Gasteiger partial charge in [0.15, 0.2) is 0 Å². The standard InChI is InChI=1S/C13H15Cl2N3O3/c1-13(2,3)16-11(20)12(21)18-17-10(19)8-5-4-7(14)6-9(8)15/h4-6H,1-3H3,(H,16,20)(H,17,19)(H,18,21). The number of rotatable bonds is 1. The van der Waals surface area contributed by atoms with Gasteiger partial charge in [-0.2, -0.15) is 0 Å². The summed E-state index contributed by atoms with van der Waals surface area (Å²) in [4.78, 5) is 34.8. The van der Waals surface area contributed by atoms with Gasteiger partial charge in [-0.1, -0.05) is 23.2 Å². The topological polar surface area (TPSA) is 87.3 Å². The minimum atomic E-state index is -0.983. The third-order valence-corrected chi connectivity index (χ3v) is 2.71. The predicted molar refractivity (Wildman–Crippen MR) is 80.0 cm³/mol. The molecule has 1 aromatic carbocycles. The largest absolute Gasteiger partial charge is 0.343 e. The molecule has 3 amide bonds. The zero-order chi connectivity index (χ0) is 16.2. The number of amides is 3. The number of hydrogen-bond acceptors (Lipinski definition) is 3. The van der Waals surface area contributed by atoms with Crippen LogP contribution in [-0.4, -0.2) is 23.3 Å². The van der Waals surface area contributed by atoms with Gasteiger partial charge in [-0.3, -0.25) is 25.2 Å². The molecular weight excluding hydrogens is 317 g/mol. The smallest absolute Gasteiger partial charge is 0.327 e. The number of carbonyl (C=O) groups is 3. The molecule has 0 radical (unpaired) electrons. The summed E-state index contributed by atoms with van der Waals surface area (Å²) in [5.74, 6) is -2.50. The van der Waals surface area contributed by atoms with Crippen LogP contribution in [0.25, 0.3) is 0 Å². The van der Waals surface area contributed by atoms with Crippen LogP contribution in [0.1, 0.15) is 31.1 Å². The van der Waals surface area contributed by atoms with Crippen LogP contribution < -0.4 is 16.2 Å². The third kappa shape index (κ3) is 5.61. The molecule has 0 saturated heterocycles. The van der Waals surface area contributed by atoms with Gasteiger partial charge in [0.05, 0.1) is 10.6 Å². The molecule has 0 spiro atoms. The van der Waals surface area contributed by atoms with Crippen molar-refractivity contribution in [2.75, 3.05) is 0 Å². The summed E-state index contributed by atoms with van der Waals surface area (Å²) < 4.78 is 0. The fourth-order valence-electron chi connectivity index (χ4n) is 1.31. The molecule has 0 aromatic heterocycles. The van der Waals surface area contributed by atoms with E-state index in [-0.39, 0.29) is 10.6 Å². The zero-order valence-electron chi connectivity index (χ0n) is 11.7. The molecule has 8 heteroatoms. The Morgan fingerprint density at radius 2 is 1.62 bits per heavy atom. The quantitative estimate of drug-likeness (QED) is 0.540. The van der Waals surface area contributed by atoms with E-state index >= 15 is 0 Å². The molecule has 114 valence electrons. The first-order valence-corrected chi connectivity index (χ1v) is 6.73. The average molecular weight is 332 g/mol. The summed E-state index contributed by atoms with van der Waals surface area (Å²) in [5, 5.41) is 2.97. The second-order valence-electron chi connectivity index (χ2n) is 5.24. The van der Waals surface area contributed by atoms with Crippen LogP contribution in [0.15, 0.2) is 18.2 Å². The van der Waals surface area contributed by atoms with E-state index in [9.17, 15) is 14.4 Å². The first-order valence-electron chi connectivity index (χ1n) is 5.98. The summed E-state index contributed by atoms with van der Waals surface area (Å²) >= 11 is 11.6. The van der Waals surface area contributed by atoms with E-state index in [0.717, 1.165) is 0 Å². The maximum Gasteiger partial charge on any atom is 0.327 e. The van der Waals surface area contributed by atoms with Gasteiger partial charge in [0.25, 0.3) is 5.91 Å². The van der Waals surface area contributed by atoms with E-state index in [1.54, 1.807) is 20.8 Å². The van der Waals surface area contributed by atoms with Gasteiger partial charge in [-0.05, 0) is 39.0 Å². The lowest BCUT2D eigenvalue weighted by molar-refractivity contribution is -0.140. The molecule has 0 bridgehead atoms. The van der Waals surface area contributed by atoms with Gasteiger partial charge in [0, 0.05) is 10.6 Å². The van der Waals surface area contributed by atoms with E-state index < -0.39 is 23.3 Å². The van der Waals surface area contributed by atoms with Gasteiger partial charge in [0.1, 0.15) is 0 Å². The molecule has 0 aliphatic rings. The molecule has 0 unspecified atom stereocenters. The van der Waals surface area contributed by atoms with Gasteiger partial charge >= 0.3 is 11.8 Å².